The molecule has 0 bridgehead atoms. The summed E-state index contributed by atoms with van der Waals surface area (Å²) in [6.45, 7) is 2.60. The molecule has 1 amide bonds. The van der Waals surface area contributed by atoms with Gasteiger partial charge in [-0.2, -0.15) is 0 Å². The van der Waals surface area contributed by atoms with Crippen LogP contribution in [0.4, 0.5) is 0 Å². The van der Waals surface area contributed by atoms with E-state index in [0.29, 0.717) is 17.9 Å². The molecule has 0 aliphatic heterocycles. The minimum absolute atomic E-state index is 0.0366. The molecule has 0 radical (unpaired) electrons. The fraction of sp³-hybridized carbons (Fsp3) is 0.267. The van der Waals surface area contributed by atoms with Crippen molar-refractivity contribution < 1.29 is 14.6 Å². The number of hydrogen-bond donors (Lipinski definition) is 2. The molecular weight excluding hydrogens is 274 g/mol. The maximum Gasteiger partial charge on any atom is 0.251 e. The van der Waals surface area contributed by atoms with E-state index in [1.165, 1.54) is 23.6 Å². The third kappa shape index (κ3) is 3.11. The number of phenolic OH excluding ortho intramolecular Hbond substituents is 1. The van der Waals surface area contributed by atoms with Crippen molar-refractivity contribution in [1.82, 2.24) is 5.32 Å². The highest BCUT2D eigenvalue weighted by Gasteiger charge is 2.10. The van der Waals surface area contributed by atoms with Gasteiger partial charge in [-0.25, -0.2) is 0 Å². The number of ether oxygens (including phenoxy) is 1. The van der Waals surface area contributed by atoms with Gasteiger partial charge in [-0.1, -0.05) is 6.92 Å². The van der Waals surface area contributed by atoms with Crippen LogP contribution in [0.1, 0.15) is 27.7 Å². The van der Waals surface area contributed by atoms with Crippen molar-refractivity contribution in [2.75, 3.05) is 7.11 Å². The molecule has 5 heteroatoms. The zero-order valence-corrected chi connectivity index (χ0v) is 12.3. The Balaban J connectivity index is 2.03. The average Bonchev–Trinajstić information content (AvgIpc) is 2.92. The monoisotopic (exact) mass is 291 g/mol. The lowest BCUT2D eigenvalue weighted by Crippen LogP contribution is -2.22. The molecule has 0 aliphatic carbocycles. The Bertz CT molecular complexity index is 607. The molecule has 106 valence electrons. The van der Waals surface area contributed by atoms with E-state index in [0.717, 1.165) is 6.42 Å². The number of carbonyl (C=O) groups is 1. The van der Waals surface area contributed by atoms with Crippen LogP contribution in [0.25, 0.3) is 0 Å². The van der Waals surface area contributed by atoms with Gasteiger partial charge >= 0.3 is 0 Å². The summed E-state index contributed by atoms with van der Waals surface area (Å²) in [6.07, 6.45) is 0.956. The first-order chi connectivity index (χ1) is 9.65. The highest BCUT2D eigenvalue weighted by atomic mass is 32.1. The van der Waals surface area contributed by atoms with Crippen LogP contribution in [0.5, 0.6) is 11.5 Å². The molecule has 2 N–H and O–H groups in total. The van der Waals surface area contributed by atoms with Crippen molar-refractivity contribution in [3.05, 3.63) is 45.6 Å². The molecule has 4 nitrogen and oxygen atoms in total. The van der Waals surface area contributed by atoms with Gasteiger partial charge in [0.05, 0.1) is 13.7 Å². The van der Waals surface area contributed by atoms with Gasteiger partial charge in [0, 0.05) is 10.4 Å². The summed E-state index contributed by atoms with van der Waals surface area (Å²) in [7, 11) is 1.47. The first-order valence-electron chi connectivity index (χ1n) is 6.36. The number of hydrogen-bond acceptors (Lipinski definition) is 4. The van der Waals surface area contributed by atoms with Gasteiger partial charge in [-0.05, 0) is 41.6 Å². The van der Waals surface area contributed by atoms with Gasteiger partial charge < -0.3 is 15.2 Å². The van der Waals surface area contributed by atoms with Crippen LogP contribution < -0.4 is 10.1 Å². The predicted octanol–water partition coefficient (Wildman–Crippen LogP) is 2.95. The lowest BCUT2D eigenvalue weighted by Gasteiger charge is -2.08. The lowest BCUT2D eigenvalue weighted by molar-refractivity contribution is 0.0951. The number of phenols is 1. The van der Waals surface area contributed by atoms with E-state index in [1.54, 1.807) is 23.5 Å². The molecule has 2 rings (SSSR count). The van der Waals surface area contributed by atoms with E-state index in [4.69, 9.17) is 4.74 Å². The number of aromatic hydroxyl groups is 1. The average molecular weight is 291 g/mol. The molecule has 1 aromatic heterocycles. The van der Waals surface area contributed by atoms with Crippen LogP contribution in [-0.2, 0) is 13.0 Å². The molecule has 0 spiro atoms. The Kier molecular flexibility index (Phi) is 4.63. The van der Waals surface area contributed by atoms with Crippen LogP contribution in [0, 0.1) is 0 Å². The van der Waals surface area contributed by atoms with E-state index in [9.17, 15) is 9.90 Å². The van der Waals surface area contributed by atoms with Gasteiger partial charge in [-0.3, -0.25) is 4.79 Å². The van der Waals surface area contributed by atoms with Gasteiger partial charge in [0.1, 0.15) is 0 Å². The van der Waals surface area contributed by atoms with Crippen molar-refractivity contribution >= 4 is 17.2 Å². The van der Waals surface area contributed by atoms with Crippen LogP contribution >= 0.6 is 11.3 Å². The quantitative estimate of drug-likeness (QED) is 0.890. The zero-order chi connectivity index (χ0) is 14.5. The first-order valence-corrected chi connectivity index (χ1v) is 7.24. The third-order valence-electron chi connectivity index (χ3n) is 3.07. The second-order valence-electron chi connectivity index (χ2n) is 4.29. The van der Waals surface area contributed by atoms with Crippen molar-refractivity contribution in [3.63, 3.8) is 0 Å². The Morgan fingerprint density at radius 3 is 2.85 bits per heavy atom. The van der Waals surface area contributed by atoms with E-state index < -0.39 is 0 Å². The molecule has 0 fully saturated rings. The summed E-state index contributed by atoms with van der Waals surface area (Å²) in [4.78, 5) is 13.2. The molecule has 20 heavy (non-hydrogen) atoms. The molecule has 0 unspecified atom stereocenters. The van der Waals surface area contributed by atoms with Gasteiger partial charge in [-0.15, -0.1) is 11.3 Å². The standard InChI is InChI=1S/C15H17NO3S/c1-3-10-6-7-20-14(10)9-16-15(18)11-4-5-13(19-2)12(17)8-11/h4-8,17H,3,9H2,1-2H3,(H,16,18). The molecule has 0 aliphatic rings. The molecule has 1 aromatic carbocycles. The van der Waals surface area contributed by atoms with E-state index in [2.05, 4.69) is 18.3 Å². The Morgan fingerprint density at radius 1 is 1.40 bits per heavy atom. The number of aryl methyl sites for hydroxylation is 1. The van der Waals surface area contributed by atoms with Crippen molar-refractivity contribution in [2.24, 2.45) is 0 Å². The Hall–Kier alpha value is -2.01. The lowest BCUT2D eigenvalue weighted by atomic mass is 10.1. The fourth-order valence-electron chi connectivity index (χ4n) is 1.93. The van der Waals surface area contributed by atoms with E-state index in [1.807, 2.05) is 5.38 Å². The van der Waals surface area contributed by atoms with Crippen LogP contribution in [-0.4, -0.2) is 18.1 Å². The summed E-state index contributed by atoms with van der Waals surface area (Å²) >= 11 is 1.64. The SMILES string of the molecule is CCc1ccsc1CNC(=O)c1ccc(OC)c(O)c1. The third-order valence-corrected chi connectivity index (χ3v) is 4.03. The normalized spacial score (nSPS) is 10.3. The minimum Gasteiger partial charge on any atom is -0.504 e. The van der Waals surface area contributed by atoms with Crippen molar-refractivity contribution in [2.45, 2.75) is 19.9 Å². The number of thiophene rings is 1. The maximum atomic E-state index is 12.0. The summed E-state index contributed by atoms with van der Waals surface area (Å²) in [5.74, 6) is 0.108. The van der Waals surface area contributed by atoms with Gasteiger partial charge in [0.2, 0.25) is 0 Å². The summed E-state index contributed by atoms with van der Waals surface area (Å²) < 4.78 is 4.95. The molecule has 0 atom stereocenters. The largest absolute Gasteiger partial charge is 0.504 e. The topological polar surface area (TPSA) is 58.6 Å². The summed E-state index contributed by atoms with van der Waals surface area (Å²) in [5.41, 5.74) is 1.67. The van der Waals surface area contributed by atoms with E-state index in [-0.39, 0.29) is 11.7 Å². The molecular formula is C15H17NO3S. The molecule has 0 saturated carbocycles. The number of benzene rings is 1. The predicted molar refractivity (Wildman–Crippen MR) is 79.5 cm³/mol. The number of methoxy groups -OCH3 is 1. The number of amides is 1. The highest BCUT2D eigenvalue weighted by molar-refractivity contribution is 7.10. The second-order valence-corrected chi connectivity index (χ2v) is 5.29. The zero-order valence-electron chi connectivity index (χ0n) is 11.5. The maximum absolute atomic E-state index is 12.0. The molecule has 1 heterocycles. The number of carbonyl (C=O) groups excluding carboxylic acids is 1. The van der Waals surface area contributed by atoms with Crippen molar-refractivity contribution in [3.8, 4) is 11.5 Å². The Labute approximate surface area is 122 Å². The van der Waals surface area contributed by atoms with E-state index >= 15 is 0 Å². The van der Waals surface area contributed by atoms with Crippen LogP contribution in [0.2, 0.25) is 0 Å². The van der Waals surface area contributed by atoms with Gasteiger partial charge in [0.15, 0.2) is 11.5 Å². The first kappa shape index (κ1) is 14.4. The van der Waals surface area contributed by atoms with Crippen LogP contribution in [0.3, 0.4) is 0 Å². The number of rotatable bonds is 5. The summed E-state index contributed by atoms with van der Waals surface area (Å²) in [5, 5.41) is 14.6. The second kappa shape index (κ2) is 6.43. The fourth-order valence-corrected chi connectivity index (χ4v) is 2.85. The highest BCUT2D eigenvalue weighted by Crippen LogP contribution is 2.26. The van der Waals surface area contributed by atoms with Crippen molar-refractivity contribution in [1.29, 1.82) is 0 Å². The smallest absolute Gasteiger partial charge is 0.251 e. The molecule has 0 saturated heterocycles. The minimum atomic E-state index is -0.210. The van der Waals surface area contributed by atoms with Crippen LogP contribution in [0.15, 0.2) is 29.6 Å². The summed E-state index contributed by atoms with van der Waals surface area (Å²) in [6, 6.07) is 6.69. The molecule has 2 aromatic rings. The Morgan fingerprint density at radius 2 is 2.20 bits per heavy atom. The van der Waals surface area contributed by atoms with Gasteiger partial charge in [0.25, 0.3) is 5.91 Å². The number of nitrogens with one attached hydrogen (secondary N) is 1.